The van der Waals surface area contributed by atoms with Crippen molar-refractivity contribution in [1.82, 2.24) is 14.8 Å². The molecular formula is C28H34F3N5O6. The molecule has 0 bridgehead atoms. The van der Waals surface area contributed by atoms with Crippen LogP contribution in [0.4, 0.5) is 29.3 Å². The first kappa shape index (κ1) is 30.6. The van der Waals surface area contributed by atoms with E-state index in [0.717, 1.165) is 9.47 Å². The van der Waals surface area contributed by atoms with Crippen molar-refractivity contribution < 1.29 is 41.4 Å². The third-order valence-corrected chi connectivity index (χ3v) is 6.70. The van der Waals surface area contributed by atoms with Crippen LogP contribution in [0, 0.1) is 0 Å². The number of furan rings is 1. The van der Waals surface area contributed by atoms with Gasteiger partial charge in [0.1, 0.15) is 29.3 Å². The van der Waals surface area contributed by atoms with Crippen LogP contribution >= 0.6 is 0 Å². The number of nitrogens with one attached hydrogen (secondary N) is 1. The van der Waals surface area contributed by atoms with Crippen molar-refractivity contribution in [2.75, 3.05) is 37.9 Å². The first-order chi connectivity index (χ1) is 19.6. The van der Waals surface area contributed by atoms with Crippen LogP contribution in [0.5, 0.6) is 5.75 Å². The summed E-state index contributed by atoms with van der Waals surface area (Å²) in [4.78, 5) is 41.8. The number of benzene rings is 1. The van der Waals surface area contributed by atoms with E-state index < -0.39 is 30.3 Å². The number of carbonyl (C=O) groups excluding carboxylic acids is 3. The van der Waals surface area contributed by atoms with Crippen LogP contribution in [-0.4, -0.2) is 72.4 Å². The van der Waals surface area contributed by atoms with Crippen LogP contribution in [0.3, 0.4) is 0 Å². The van der Waals surface area contributed by atoms with Gasteiger partial charge in [-0.15, -0.1) is 0 Å². The molecule has 3 heterocycles. The smallest absolute Gasteiger partial charge is 0.407 e. The highest BCUT2D eigenvalue weighted by Crippen LogP contribution is 2.37. The number of piperidine rings is 1. The number of anilines is 2. The predicted octanol–water partition coefficient (Wildman–Crippen LogP) is 4.79. The SMILES string of the molecule is COc1cc(C(=O)N2CCC[C@@H](NC(=O)OC(C)(C)C)C2)cc(N)c1N(C)C(=O)c1cc2ccoc2n1CC(F)(F)F. The lowest BCUT2D eigenvalue weighted by molar-refractivity contribution is -0.140. The van der Waals surface area contributed by atoms with Crippen LogP contribution in [0.1, 0.15) is 54.5 Å². The summed E-state index contributed by atoms with van der Waals surface area (Å²) in [5, 5.41) is 3.13. The van der Waals surface area contributed by atoms with Crippen LogP contribution in [0.2, 0.25) is 0 Å². The number of ether oxygens (including phenoxy) is 2. The van der Waals surface area contributed by atoms with Gasteiger partial charge in [0.05, 0.1) is 19.1 Å². The second-order valence-electron chi connectivity index (χ2n) is 11.1. The van der Waals surface area contributed by atoms with E-state index in [4.69, 9.17) is 19.6 Å². The second kappa shape index (κ2) is 11.5. The summed E-state index contributed by atoms with van der Waals surface area (Å²) < 4.78 is 56.8. The number of fused-ring (bicyclic) bond motifs is 1. The molecule has 14 heteroatoms. The van der Waals surface area contributed by atoms with Crippen LogP contribution < -0.4 is 20.7 Å². The molecule has 1 atom stereocenters. The van der Waals surface area contributed by atoms with E-state index >= 15 is 0 Å². The number of hydrogen-bond acceptors (Lipinski definition) is 7. The standard InChI is InChI=1S/C28H34F3N5O6/c1-27(2,3)42-26(39)33-18-7-6-9-35(14-18)23(37)17-11-19(32)22(21(13-17)40-5)34(4)24(38)20-12-16-8-10-41-25(16)36(20)15-28(29,30)31/h8,10-13,18H,6-7,9,14-15,32H2,1-5H3,(H,33,39)/t18-/m1/s1. The Bertz CT molecular complexity index is 1490. The van der Waals surface area contributed by atoms with E-state index in [9.17, 15) is 27.6 Å². The highest BCUT2D eigenvalue weighted by atomic mass is 19.4. The van der Waals surface area contributed by atoms with Crippen molar-refractivity contribution in [2.24, 2.45) is 0 Å². The summed E-state index contributed by atoms with van der Waals surface area (Å²) in [6.45, 7) is 4.54. The third kappa shape index (κ3) is 6.74. The van der Waals surface area contributed by atoms with Gasteiger partial charge >= 0.3 is 12.3 Å². The molecule has 1 aromatic carbocycles. The summed E-state index contributed by atoms with van der Waals surface area (Å²) in [6.07, 6.45) is -2.63. The summed E-state index contributed by atoms with van der Waals surface area (Å²) in [5.41, 5.74) is 5.56. The maximum Gasteiger partial charge on any atom is 0.407 e. The van der Waals surface area contributed by atoms with Crippen molar-refractivity contribution in [2.45, 2.75) is 58.0 Å². The predicted molar refractivity (Wildman–Crippen MR) is 149 cm³/mol. The second-order valence-corrected chi connectivity index (χ2v) is 11.1. The van der Waals surface area contributed by atoms with Gasteiger partial charge in [-0.05, 0) is 57.9 Å². The molecule has 0 saturated carbocycles. The average Bonchev–Trinajstić information content (AvgIpc) is 3.47. The van der Waals surface area contributed by atoms with Gasteiger partial charge in [-0.2, -0.15) is 13.2 Å². The van der Waals surface area contributed by atoms with E-state index in [1.165, 1.54) is 44.7 Å². The summed E-state index contributed by atoms with van der Waals surface area (Å²) in [5.74, 6) is -1.08. The van der Waals surface area contributed by atoms with Gasteiger partial charge in [0.25, 0.3) is 11.8 Å². The van der Waals surface area contributed by atoms with E-state index in [0.29, 0.717) is 24.8 Å². The van der Waals surface area contributed by atoms with Gasteiger partial charge in [-0.3, -0.25) is 14.2 Å². The highest BCUT2D eigenvalue weighted by Gasteiger charge is 2.34. The summed E-state index contributed by atoms with van der Waals surface area (Å²) in [6, 6.07) is 5.26. The van der Waals surface area contributed by atoms with Crippen molar-refractivity contribution >= 4 is 40.4 Å². The average molecular weight is 594 g/mol. The van der Waals surface area contributed by atoms with Crippen molar-refractivity contribution in [1.29, 1.82) is 0 Å². The largest absolute Gasteiger partial charge is 0.494 e. The van der Waals surface area contributed by atoms with Crippen LogP contribution in [0.15, 0.2) is 34.9 Å². The zero-order chi connectivity index (χ0) is 31.0. The quantitative estimate of drug-likeness (QED) is 0.393. The Morgan fingerprint density at radius 2 is 1.90 bits per heavy atom. The minimum absolute atomic E-state index is 0.00611. The fraction of sp³-hybridized carbons (Fsp3) is 0.464. The number of hydrogen-bond donors (Lipinski definition) is 2. The molecule has 0 spiro atoms. The van der Waals surface area contributed by atoms with E-state index in [1.807, 2.05) is 0 Å². The number of methoxy groups -OCH3 is 1. The molecule has 1 aliphatic heterocycles. The van der Waals surface area contributed by atoms with Gasteiger partial charge in [-0.1, -0.05) is 0 Å². The molecule has 0 unspecified atom stereocenters. The molecule has 1 fully saturated rings. The Balaban J connectivity index is 1.57. The van der Waals surface area contributed by atoms with E-state index in [-0.39, 0.29) is 52.6 Å². The van der Waals surface area contributed by atoms with Gasteiger partial charge < -0.3 is 34.7 Å². The Morgan fingerprint density at radius 1 is 1.19 bits per heavy atom. The number of nitrogen functional groups attached to an aromatic ring is 1. The first-order valence-electron chi connectivity index (χ1n) is 13.3. The molecule has 4 rings (SSSR count). The zero-order valence-corrected chi connectivity index (χ0v) is 24.0. The number of alkyl carbamates (subject to hydrolysis) is 1. The molecular weight excluding hydrogens is 559 g/mol. The number of carbonyl (C=O) groups is 3. The number of aromatic nitrogens is 1. The zero-order valence-electron chi connectivity index (χ0n) is 24.0. The lowest BCUT2D eigenvalue weighted by Crippen LogP contribution is -2.50. The maximum atomic E-state index is 13.5. The van der Waals surface area contributed by atoms with Crippen molar-refractivity contribution in [3.63, 3.8) is 0 Å². The van der Waals surface area contributed by atoms with E-state index in [1.54, 1.807) is 25.7 Å². The first-order valence-corrected chi connectivity index (χ1v) is 13.3. The molecule has 3 aromatic rings. The number of rotatable bonds is 6. The summed E-state index contributed by atoms with van der Waals surface area (Å²) in [7, 11) is 2.68. The molecule has 11 nitrogen and oxygen atoms in total. The molecule has 3 N–H and O–H groups in total. The number of likely N-dealkylation sites (tertiary alicyclic amines) is 1. The number of nitrogens with two attached hydrogens (primary N) is 1. The number of alkyl halides is 3. The minimum atomic E-state index is -4.61. The molecule has 1 aliphatic rings. The van der Waals surface area contributed by atoms with Gasteiger partial charge in [0, 0.05) is 37.1 Å². The normalized spacial score (nSPS) is 15.9. The van der Waals surface area contributed by atoms with Gasteiger partial charge in [0.2, 0.25) is 5.71 Å². The lowest BCUT2D eigenvalue weighted by Gasteiger charge is -2.34. The Kier molecular flexibility index (Phi) is 8.37. The molecule has 3 amide bonds. The molecule has 42 heavy (non-hydrogen) atoms. The number of halogens is 3. The van der Waals surface area contributed by atoms with Crippen LogP contribution in [-0.2, 0) is 11.3 Å². The number of nitrogens with zero attached hydrogens (tertiary/aromatic N) is 3. The van der Waals surface area contributed by atoms with Crippen molar-refractivity contribution in [3.05, 3.63) is 41.8 Å². The summed E-state index contributed by atoms with van der Waals surface area (Å²) >= 11 is 0. The topological polar surface area (TPSA) is 132 Å². The van der Waals surface area contributed by atoms with Crippen LogP contribution in [0.25, 0.3) is 11.1 Å². The molecule has 0 aliphatic carbocycles. The third-order valence-electron chi connectivity index (χ3n) is 6.70. The van der Waals surface area contributed by atoms with Gasteiger partial charge in [0.15, 0.2) is 0 Å². The van der Waals surface area contributed by atoms with Crippen molar-refractivity contribution in [3.8, 4) is 5.75 Å². The molecule has 228 valence electrons. The Morgan fingerprint density at radius 3 is 2.55 bits per heavy atom. The molecule has 2 aromatic heterocycles. The minimum Gasteiger partial charge on any atom is -0.494 e. The highest BCUT2D eigenvalue weighted by molar-refractivity contribution is 6.10. The van der Waals surface area contributed by atoms with E-state index in [2.05, 4.69) is 5.32 Å². The van der Waals surface area contributed by atoms with Gasteiger partial charge in [-0.25, -0.2) is 4.79 Å². The fourth-order valence-electron chi connectivity index (χ4n) is 4.97. The Hall–Kier alpha value is -4.36. The number of amides is 3. The maximum absolute atomic E-state index is 13.5. The Labute approximate surface area is 240 Å². The lowest BCUT2D eigenvalue weighted by atomic mass is 10.0. The monoisotopic (exact) mass is 593 g/mol. The fourth-order valence-corrected chi connectivity index (χ4v) is 4.97. The molecule has 0 radical (unpaired) electrons. The molecule has 1 saturated heterocycles.